The lowest BCUT2D eigenvalue weighted by Gasteiger charge is -2.31. The van der Waals surface area contributed by atoms with Crippen LogP contribution in [0.3, 0.4) is 0 Å². The van der Waals surface area contributed by atoms with Crippen molar-refractivity contribution < 1.29 is 9.53 Å². The van der Waals surface area contributed by atoms with Gasteiger partial charge in [0.25, 0.3) is 0 Å². The Kier molecular flexibility index (Phi) is 5.77. The second-order valence-corrected chi connectivity index (χ2v) is 4.81. The van der Waals surface area contributed by atoms with E-state index < -0.39 is 0 Å². The maximum atomic E-state index is 11.6. The lowest BCUT2D eigenvalue weighted by molar-refractivity contribution is -0.128. The molecule has 4 heteroatoms. The van der Waals surface area contributed by atoms with Crippen molar-refractivity contribution in [2.75, 3.05) is 13.2 Å². The third kappa shape index (κ3) is 4.49. The van der Waals surface area contributed by atoms with E-state index >= 15 is 0 Å². The molecule has 2 unspecified atom stereocenters. The number of rotatable bonds is 5. The maximum Gasteiger partial charge on any atom is 0.246 e. The van der Waals surface area contributed by atoms with Crippen LogP contribution in [0.2, 0.25) is 0 Å². The van der Waals surface area contributed by atoms with E-state index in [1.807, 2.05) is 13.8 Å². The first-order valence-electron chi connectivity index (χ1n) is 6.24. The summed E-state index contributed by atoms with van der Waals surface area (Å²) in [5.74, 6) is 0.427. The van der Waals surface area contributed by atoms with Crippen LogP contribution in [0.15, 0.2) is 0 Å². The molecule has 1 amide bonds. The summed E-state index contributed by atoms with van der Waals surface area (Å²) in [7, 11) is 0. The first-order valence-corrected chi connectivity index (χ1v) is 6.24. The number of carbonyl (C=O) groups excluding carboxylic acids is 1. The first-order chi connectivity index (χ1) is 7.63. The maximum absolute atomic E-state index is 11.6. The molecule has 1 fully saturated rings. The average molecular weight is 228 g/mol. The molecule has 0 radical (unpaired) electrons. The van der Waals surface area contributed by atoms with Crippen LogP contribution in [-0.2, 0) is 9.53 Å². The van der Waals surface area contributed by atoms with E-state index in [1.165, 1.54) is 12.8 Å². The van der Waals surface area contributed by atoms with E-state index in [0.29, 0.717) is 12.5 Å². The number of hydrogen-bond acceptors (Lipinski definition) is 3. The van der Waals surface area contributed by atoms with Gasteiger partial charge in [-0.3, -0.25) is 4.79 Å². The van der Waals surface area contributed by atoms with Crippen LogP contribution in [0.5, 0.6) is 0 Å². The number of ether oxygens (including phenoxy) is 1. The van der Waals surface area contributed by atoms with Gasteiger partial charge in [0.1, 0.15) is 6.61 Å². The van der Waals surface area contributed by atoms with Crippen molar-refractivity contribution in [3.05, 3.63) is 0 Å². The van der Waals surface area contributed by atoms with Crippen LogP contribution < -0.4 is 11.1 Å². The van der Waals surface area contributed by atoms with Crippen LogP contribution in [0.4, 0.5) is 0 Å². The molecule has 0 aromatic carbocycles. The van der Waals surface area contributed by atoms with Crippen molar-refractivity contribution in [2.24, 2.45) is 11.7 Å². The summed E-state index contributed by atoms with van der Waals surface area (Å²) in [6.07, 6.45) is 4.70. The topological polar surface area (TPSA) is 64.3 Å². The minimum absolute atomic E-state index is 0.0148. The highest BCUT2D eigenvalue weighted by molar-refractivity contribution is 5.77. The fourth-order valence-corrected chi connectivity index (χ4v) is 2.17. The van der Waals surface area contributed by atoms with Gasteiger partial charge in [-0.1, -0.05) is 12.8 Å². The zero-order valence-electron chi connectivity index (χ0n) is 10.4. The number of nitrogens with one attached hydrogen (secondary N) is 1. The minimum Gasteiger partial charge on any atom is -0.369 e. The van der Waals surface area contributed by atoms with Crippen LogP contribution >= 0.6 is 0 Å². The van der Waals surface area contributed by atoms with Gasteiger partial charge in [-0.2, -0.15) is 0 Å². The molecular weight excluding hydrogens is 204 g/mol. The molecule has 0 aliphatic heterocycles. The lowest BCUT2D eigenvalue weighted by Crippen LogP contribution is -2.46. The largest absolute Gasteiger partial charge is 0.369 e. The Morgan fingerprint density at radius 3 is 2.75 bits per heavy atom. The highest BCUT2D eigenvalue weighted by atomic mass is 16.5. The van der Waals surface area contributed by atoms with E-state index in [1.54, 1.807) is 0 Å². The molecule has 0 spiro atoms. The predicted octanol–water partition coefficient (Wildman–Crippen LogP) is 1.05. The molecule has 4 nitrogen and oxygen atoms in total. The van der Waals surface area contributed by atoms with Crippen LogP contribution in [0.1, 0.15) is 39.5 Å². The Morgan fingerprint density at radius 2 is 2.12 bits per heavy atom. The molecule has 3 N–H and O–H groups in total. The third-order valence-corrected chi connectivity index (χ3v) is 3.11. The lowest BCUT2D eigenvalue weighted by atomic mass is 9.84. The summed E-state index contributed by atoms with van der Waals surface area (Å²) in [4.78, 5) is 11.6. The zero-order chi connectivity index (χ0) is 12.0. The van der Waals surface area contributed by atoms with Crippen LogP contribution in [0, 0.1) is 5.92 Å². The molecule has 16 heavy (non-hydrogen) atoms. The molecule has 94 valence electrons. The monoisotopic (exact) mass is 228 g/mol. The minimum atomic E-state index is -0.0148. The molecule has 1 aliphatic rings. The molecule has 0 bridgehead atoms. The summed E-state index contributed by atoms with van der Waals surface area (Å²) in [6, 6.07) is 0.252. The van der Waals surface area contributed by atoms with Gasteiger partial charge in [0.15, 0.2) is 0 Å². The average Bonchev–Trinajstić information content (AvgIpc) is 2.27. The van der Waals surface area contributed by atoms with Crippen molar-refractivity contribution in [3.63, 3.8) is 0 Å². The summed E-state index contributed by atoms with van der Waals surface area (Å²) in [6.45, 7) is 4.68. The van der Waals surface area contributed by atoms with Gasteiger partial charge in [-0.05, 0) is 39.2 Å². The van der Waals surface area contributed by atoms with Gasteiger partial charge >= 0.3 is 0 Å². The smallest absolute Gasteiger partial charge is 0.246 e. The van der Waals surface area contributed by atoms with Gasteiger partial charge in [-0.15, -0.1) is 0 Å². The molecular formula is C12H24N2O2. The summed E-state index contributed by atoms with van der Waals surface area (Å²) in [5, 5.41) is 3.03. The number of nitrogens with two attached hydrogens (primary N) is 1. The summed E-state index contributed by atoms with van der Waals surface area (Å²) in [5.41, 5.74) is 5.71. The van der Waals surface area contributed by atoms with E-state index in [9.17, 15) is 4.79 Å². The Bertz CT molecular complexity index is 219. The predicted molar refractivity (Wildman–Crippen MR) is 64.0 cm³/mol. The first kappa shape index (κ1) is 13.5. The highest BCUT2D eigenvalue weighted by Crippen LogP contribution is 2.23. The van der Waals surface area contributed by atoms with Crippen LogP contribution in [0.25, 0.3) is 0 Å². The molecule has 1 saturated carbocycles. The summed E-state index contributed by atoms with van der Waals surface area (Å²) < 4.78 is 5.27. The second-order valence-electron chi connectivity index (χ2n) is 4.81. The van der Waals surface area contributed by atoms with Gasteiger partial charge in [-0.25, -0.2) is 0 Å². The van der Waals surface area contributed by atoms with E-state index in [0.717, 1.165) is 12.8 Å². The SMILES string of the molecule is CC(C)OCC(=O)NC1CCCCC1CN. The van der Waals surface area contributed by atoms with Crippen molar-refractivity contribution in [2.45, 2.75) is 51.7 Å². The Labute approximate surface area is 97.9 Å². The van der Waals surface area contributed by atoms with E-state index in [-0.39, 0.29) is 24.7 Å². The number of amides is 1. The molecule has 0 aromatic heterocycles. The number of hydrogen-bond donors (Lipinski definition) is 2. The van der Waals surface area contributed by atoms with Gasteiger partial charge in [0.2, 0.25) is 5.91 Å². The third-order valence-electron chi connectivity index (χ3n) is 3.11. The Morgan fingerprint density at radius 1 is 1.44 bits per heavy atom. The molecule has 2 atom stereocenters. The van der Waals surface area contributed by atoms with Crippen molar-refractivity contribution in [1.29, 1.82) is 0 Å². The zero-order valence-corrected chi connectivity index (χ0v) is 10.4. The van der Waals surface area contributed by atoms with Gasteiger partial charge in [0, 0.05) is 6.04 Å². The normalized spacial score (nSPS) is 25.8. The van der Waals surface area contributed by atoms with Crippen LogP contribution in [-0.4, -0.2) is 31.2 Å². The molecule has 1 rings (SSSR count). The summed E-state index contributed by atoms with van der Waals surface area (Å²) >= 11 is 0. The number of carbonyl (C=O) groups is 1. The highest BCUT2D eigenvalue weighted by Gasteiger charge is 2.25. The van der Waals surface area contributed by atoms with Gasteiger partial charge in [0.05, 0.1) is 6.10 Å². The standard InChI is InChI=1S/C12H24N2O2/c1-9(2)16-8-12(15)14-11-6-4-3-5-10(11)7-13/h9-11H,3-8,13H2,1-2H3,(H,14,15). The van der Waals surface area contributed by atoms with Crippen molar-refractivity contribution >= 4 is 5.91 Å². The van der Waals surface area contributed by atoms with Crippen molar-refractivity contribution in [3.8, 4) is 0 Å². The second kappa shape index (κ2) is 6.86. The van der Waals surface area contributed by atoms with E-state index in [2.05, 4.69) is 5.32 Å². The molecule has 0 saturated heterocycles. The molecule has 0 heterocycles. The molecule has 0 aromatic rings. The fourth-order valence-electron chi connectivity index (χ4n) is 2.17. The van der Waals surface area contributed by atoms with E-state index in [4.69, 9.17) is 10.5 Å². The molecule has 1 aliphatic carbocycles. The quantitative estimate of drug-likeness (QED) is 0.739. The Balaban J connectivity index is 2.30. The van der Waals surface area contributed by atoms with Crippen molar-refractivity contribution in [1.82, 2.24) is 5.32 Å². The Hall–Kier alpha value is -0.610. The van der Waals surface area contributed by atoms with Gasteiger partial charge < -0.3 is 15.8 Å². The fraction of sp³-hybridized carbons (Fsp3) is 0.917.